The van der Waals surface area contributed by atoms with Gasteiger partial charge in [0, 0.05) is 0 Å². The van der Waals surface area contributed by atoms with E-state index in [-0.39, 0.29) is 0 Å². The topological polar surface area (TPSA) is 0 Å². The van der Waals surface area contributed by atoms with Crippen molar-refractivity contribution in [3.05, 3.63) is 0 Å². The van der Waals surface area contributed by atoms with E-state index < -0.39 is 0 Å². The maximum atomic E-state index is 2.30. The Kier molecular flexibility index (Phi) is 14.7. The van der Waals surface area contributed by atoms with Gasteiger partial charge in [-0.15, -0.1) is 35.3 Å². The fourth-order valence-corrected chi connectivity index (χ4v) is 8.36. The second-order valence-corrected chi connectivity index (χ2v) is 11.8. The van der Waals surface area contributed by atoms with Gasteiger partial charge in [0.05, 0.1) is 0 Å². The van der Waals surface area contributed by atoms with Crippen molar-refractivity contribution in [3.63, 3.8) is 0 Å². The quantitative estimate of drug-likeness (QED) is 0.196. The molecule has 0 unspecified atom stereocenters. The molecule has 23 heavy (non-hydrogen) atoms. The average molecular weight is 377 g/mol. The van der Waals surface area contributed by atoms with Crippen LogP contribution in [0.25, 0.3) is 0 Å². The van der Waals surface area contributed by atoms with Gasteiger partial charge in [0.1, 0.15) is 3.41 Å². The molecular formula is C20H40S3. The molecule has 0 nitrogen and oxygen atoms in total. The minimum absolute atomic E-state index is 0.535. The standard InChI is InChI=1S/C20H40S3/c1-3-5-7-9-11-13-17-21-20(16-15-19-23-20)22-18-14-12-10-8-6-4-2/h3-19H2,1-2H3. The molecule has 0 N–H and O–H groups in total. The van der Waals surface area contributed by atoms with E-state index in [0.29, 0.717) is 3.41 Å². The van der Waals surface area contributed by atoms with Crippen LogP contribution in [0, 0.1) is 0 Å². The molecule has 1 aliphatic rings. The van der Waals surface area contributed by atoms with Gasteiger partial charge in [0.2, 0.25) is 0 Å². The van der Waals surface area contributed by atoms with E-state index in [9.17, 15) is 0 Å². The first-order valence-electron chi connectivity index (χ1n) is 10.2. The molecule has 1 heterocycles. The SMILES string of the molecule is CCCCCCCCSC1(SCCCCCCCC)CCCS1. The first-order valence-corrected chi connectivity index (χ1v) is 13.2. The Bertz CT molecular complexity index is 229. The van der Waals surface area contributed by atoms with Crippen molar-refractivity contribution in [2.24, 2.45) is 0 Å². The van der Waals surface area contributed by atoms with Gasteiger partial charge in [-0.2, -0.15) is 0 Å². The number of rotatable bonds is 16. The molecule has 1 fully saturated rings. The number of hydrogen-bond acceptors (Lipinski definition) is 3. The third-order valence-electron chi connectivity index (χ3n) is 4.59. The molecule has 0 saturated carbocycles. The van der Waals surface area contributed by atoms with E-state index in [0.717, 1.165) is 0 Å². The van der Waals surface area contributed by atoms with Gasteiger partial charge in [-0.25, -0.2) is 0 Å². The Labute approximate surface area is 159 Å². The molecule has 0 aromatic heterocycles. The summed E-state index contributed by atoms with van der Waals surface area (Å²) in [4.78, 5) is 0. The molecule has 1 aliphatic heterocycles. The highest BCUT2D eigenvalue weighted by Crippen LogP contribution is 2.55. The number of unbranched alkanes of at least 4 members (excludes halogenated alkanes) is 10. The second kappa shape index (κ2) is 15.3. The normalized spacial score (nSPS) is 17.0. The molecule has 0 aliphatic carbocycles. The van der Waals surface area contributed by atoms with Crippen LogP contribution in [0.5, 0.6) is 0 Å². The van der Waals surface area contributed by atoms with Crippen molar-refractivity contribution < 1.29 is 0 Å². The van der Waals surface area contributed by atoms with E-state index in [1.807, 2.05) is 0 Å². The van der Waals surface area contributed by atoms with Crippen LogP contribution in [0.3, 0.4) is 0 Å². The highest BCUT2D eigenvalue weighted by molar-refractivity contribution is 8.33. The highest BCUT2D eigenvalue weighted by Gasteiger charge is 2.35. The zero-order valence-electron chi connectivity index (χ0n) is 15.7. The summed E-state index contributed by atoms with van der Waals surface area (Å²) in [6.45, 7) is 4.61. The van der Waals surface area contributed by atoms with Gasteiger partial charge in [0.15, 0.2) is 0 Å². The van der Waals surface area contributed by atoms with Crippen molar-refractivity contribution in [2.45, 2.75) is 107 Å². The smallest absolute Gasteiger partial charge is 0.107 e. The van der Waals surface area contributed by atoms with Crippen molar-refractivity contribution in [3.8, 4) is 0 Å². The Morgan fingerprint density at radius 3 is 1.61 bits per heavy atom. The van der Waals surface area contributed by atoms with Crippen LogP contribution in [-0.4, -0.2) is 20.7 Å². The lowest BCUT2D eigenvalue weighted by Crippen LogP contribution is -2.12. The molecule has 0 aromatic carbocycles. The summed E-state index contributed by atoms with van der Waals surface area (Å²) in [5, 5.41) is 0. The molecule has 0 aromatic rings. The summed E-state index contributed by atoms with van der Waals surface area (Å²) in [6, 6.07) is 0. The van der Waals surface area contributed by atoms with E-state index in [1.165, 1.54) is 107 Å². The molecule has 0 atom stereocenters. The molecule has 138 valence electrons. The first-order chi connectivity index (χ1) is 11.3. The fraction of sp³-hybridized carbons (Fsp3) is 1.00. The summed E-state index contributed by atoms with van der Waals surface area (Å²) in [7, 11) is 0. The van der Waals surface area contributed by atoms with Gasteiger partial charge in [-0.3, -0.25) is 0 Å². The number of hydrogen-bond donors (Lipinski definition) is 0. The van der Waals surface area contributed by atoms with E-state index in [1.54, 1.807) is 0 Å². The predicted octanol–water partition coefficient (Wildman–Crippen LogP) is 8.35. The van der Waals surface area contributed by atoms with Gasteiger partial charge in [0.25, 0.3) is 0 Å². The second-order valence-electron chi connectivity index (χ2n) is 6.87. The van der Waals surface area contributed by atoms with Gasteiger partial charge in [-0.05, 0) is 42.9 Å². The average Bonchev–Trinajstić information content (AvgIpc) is 3.02. The molecule has 0 amide bonds. The molecule has 0 bridgehead atoms. The third-order valence-corrected chi connectivity index (χ3v) is 10.1. The zero-order valence-corrected chi connectivity index (χ0v) is 18.2. The Balaban J connectivity index is 2.05. The van der Waals surface area contributed by atoms with Crippen molar-refractivity contribution in [2.75, 3.05) is 17.3 Å². The summed E-state index contributed by atoms with van der Waals surface area (Å²) in [5.41, 5.74) is 0. The Hall–Kier alpha value is 1.05. The largest absolute Gasteiger partial charge is 0.133 e. The summed E-state index contributed by atoms with van der Waals surface area (Å²) in [6.07, 6.45) is 20.1. The third kappa shape index (κ3) is 11.3. The monoisotopic (exact) mass is 376 g/mol. The maximum Gasteiger partial charge on any atom is 0.107 e. The van der Waals surface area contributed by atoms with Crippen molar-refractivity contribution >= 4 is 35.3 Å². The first kappa shape index (κ1) is 22.1. The van der Waals surface area contributed by atoms with Crippen LogP contribution in [0.1, 0.15) is 104 Å². The Morgan fingerprint density at radius 2 is 1.17 bits per heavy atom. The molecule has 0 radical (unpaired) electrons. The summed E-state index contributed by atoms with van der Waals surface area (Å²) in [5.74, 6) is 4.18. The van der Waals surface area contributed by atoms with Crippen molar-refractivity contribution in [1.82, 2.24) is 0 Å². The minimum Gasteiger partial charge on any atom is -0.133 e. The van der Waals surface area contributed by atoms with Crippen LogP contribution >= 0.6 is 35.3 Å². The van der Waals surface area contributed by atoms with Gasteiger partial charge in [-0.1, -0.05) is 78.1 Å². The van der Waals surface area contributed by atoms with Crippen LogP contribution in [0.2, 0.25) is 0 Å². The Morgan fingerprint density at radius 1 is 0.696 bits per heavy atom. The fourth-order valence-electron chi connectivity index (χ4n) is 3.08. The lowest BCUT2D eigenvalue weighted by molar-refractivity contribution is 0.626. The van der Waals surface area contributed by atoms with E-state index >= 15 is 0 Å². The summed E-state index contributed by atoms with van der Waals surface area (Å²) >= 11 is 6.85. The lowest BCUT2D eigenvalue weighted by atomic mass is 10.1. The van der Waals surface area contributed by atoms with Gasteiger partial charge >= 0.3 is 0 Å². The van der Waals surface area contributed by atoms with Gasteiger partial charge < -0.3 is 0 Å². The van der Waals surface area contributed by atoms with Crippen LogP contribution in [0.15, 0.2) is 0 Å². The molecule has 1 saturated heterocycles. The molecule has 0 spiro atoms. The zero-order chi connectivity index (χ0) is 16.6. The number of thioether (sulfide) groups is 3. The molecule has 1 rings (SSSR count). The maximum absolute atomic E-state index is 2.30. The van der Waals surface area contributed by atoms with Crippen LogP contribution in [-0.2, 0) is 0 Å². The minimum atomic E-state index is 0.535. The molecule has 3 heteroatoms. The van der Waals surface area contributed by atoms with Crippen LogP contribution in [0.4, 0.5) is 0 Å². The van der Waals surface area contributed by atoms with Crippen molar-refractivity contribution in [1.29, 1.82) is 0 Å². The lowest BCUT2D eigenvalue weighted by Gasteiger charge is -2.27. The van der Waals surface area contributed by atoms with Crippen LogP contribution < -0.4 is 0 Å². The van der Waals surface area contributed by atoms with E-state index in [4.69, 9.17) is 0 Å². The summed E-state index contributed by atoms with van der Waals surface area (Å²) < 4.78 is 0.535. The highest BCUT2D eigenvalue weighted by atomic mass is 32.3. The molecular weight excluding hydrogens is 336 g/mol. The van der Waals surface area contributed by atoms with E-state index in [2.05, 4.69) is 49.1 Å². The predicted molar refractivity (Wildman–Crippen MR) is 116 cm³/mol.